The molecule has 0 unspecified atom stereocenters. The topological polar surface area (TPSA) is 77.3 Å². The molecule has 2 aromatic carbocycles. The Morgan fingerprint density at radius 3 is 2.10 bits per heavy atom. The van der Waals surface area contributed by atoms with Crippen LogP contribution in [0.4, 0.5) is 0 Å². The molecule has 0 atom stereocenters. The molecule has 0 aliphatic rings. The van der Waals surface area contributed by atoms with Gasteiger partial charge in [-0.05, 0) is 50.2 Å². The van der Waals surface area contributed by atoms with Gasteiger partial charge in [-0.1, -0.05) is 40.7 Å². The number of hydrogen-bond acceptors (Lipinski definition) is 7. The molecule has 3 rings (SSSR count). The van der Waals surface area contributed by atoms with E-state index in [0.717, 1.165) is 27.7 Å². The molecule has 0 N–H and O–H groups in total. The van der Waals surface area contributed by atoms with Crippen molar-refractivity contribution in [1.29, 1.82) is 0 Å². The Kier molecular flexibility index (Phi) is 7.21. The van der Waals surface area contributed by atoms with Gasteiger partial charge in [0, 0.05) is 9.75 Å². The molecule has 0 saturated carbocycles. The fourth-order valence-corrected chi connectivity index (χ4v) is 4.67. The van der Waals surface area contributed by atoms with Crippen LogP contribution in [0.25, 0.3) is 0 Å². The van der Waals surface area contributed by atoms with Crippen LogP contribution in [0, 0.1) is 0 Å². The SMILES string of the molecule is C/C(=N/S(=O)(=O)c1ccccc1)c1ccc(/C(C)=N/SOOc2ccccc2)s1. The zero-order valence-corrected chi connectivity index (χ0v) is 18.1. The highest BCUT2D eigenvalue weighted by molar-refractivity contribution is 7.93. The van der Waals surface area contributed by atoms with Crippen molar-refractivity contribution in [2.45, 2.75) is 18.7 Å². The third-order valence-corrected chi connectivity index (χ3v) is 6.86. The first-order valence-electron chi connectivity index (χ1n) is 8.53. The molecule has 0 fully saturated rings. The van der Waals surface area contributed by atoms with Crippen LogP contribution in [0.15, 0.2) is 86.5 Å². The van der Waals surface area contributed by atoms with Gasteiger partial charge < -0.3 is 4.89 Å². The summed E-state index contributed by atoms with van der Waals surface area (Å²) >= 11 is 2.23. The molecule has 0 aliphatic heterocycles. The van der Waals surface area contributed by atoms with Crippen LogP contribution < -0.4 is 4.89 Å². The van der Waals surface area contributed by atoms with Gasteiger partial charge >= 0.3 is 0 Å². The molecule has 0 aliphatic carbocycles. The zero-order valence-electron chi connectivity index (χ0n) is 15.7. The van der Waals surface area contributed by atoms with Crippen LogP contribution in [0.5, 0.6) is 5.75 Å². The summed E-state index contributed by atoms with van der Waals surface area (Å²) in [5.41, 5.74) is 1.15. The second-order valence-electron chi connectivity index (χ2n) is 5.84. The highest BCUT2D eigenvalue weighted by Crippen LogP contribution is 2.22. The fraction of sp³-hybridized carbons (Fsp3) is 0.100. The summed E-state index contributed by atoms with van der Waals surface area (Å²) in [6, 6.07) is 20.9. The zero-order chi connectivity index (χ0) is 20.7. The molecule has 0 radical (unpaired) electrons. The number of thiophene rings is 1. The average Bonchev–Trinajstić information content (AvgIpc) is 3.23. The van der Waals surface area contributed by atoms with Gasteiger partial charge in [0.1, 0.15) is 0 Å². The van der Waals surface area contributed by atoms with Gasteiger partial charge in [0.05, 0.1) is 16.3 Å². The fourth-order valence-electron chi connectivity index (χ4n) is 2.24. The maximum atomic E-state index is 12.4. The molecule has 29 heavy (non-hydrogen) atoms. The first-order chi connectivity index (χ1) is 14.0. The summed E-state index contributed by atoms with van der Waals surface area (Å²) < 4.78 is 38.0. The maximum Gasteiger partial charge on any atom is 0.282 e. The van der Waals surface area contributed by atoms with Crippen LogP contribution in [0.2, 0.25) is 0 Å². The number of benzene rings is 2. The van der Waals surface area contributed by atoms with Crippen LogP contribution in [-0.2, 0) is 14.4 Å². The summed E-state index contributed by atoms with van der Waals surface area (Å²) in [5, 5.41) is 0. The molecular weight excluding hydrogens is 428 g/mol. The molecule has 0 amide bonds. The van der Waals surface area contributed by atoms with Gasteiger partial charge in [0.15, 0.2) is 18.0 Å². The van der Waals surface area contributed by atoms with Gasteiger partial charge in [-0.25, -0.2) is 0 Å². The van der Waals surface area contributed by atoms with Crippen molar-refractivity contribution >= 4 is 45.0 Å². The third-order valence-electron chi connectivity index (χ3n) is 3.70. The Balaban J connectivity index is 1.64. The molecule has 9 heteroatoms. The first-order valence-corrected chi connectivity index (χ1v) is 11.5. The van der Waals surface area contributed by atoms with E-state index in [1.54, 1.807) is 37.3 Å². The van der Waals surface area contributed by atoms with Crippen LogP contribution in [0.1, 0.15) is 23.6 Å². The van der Waals surface area contributed by atoms with Crippen molar-refractivity contribution in [1.82, 2.24) is 0 Å². The Bertz CT molecular complexity index is 1110. The molecule has 0 bridgehead atoms. The second kappa shape index (κ2) is 9.84. The van der Waals surface area contributed by atoms with Crippen molar-refractivity contribution in [2.75, 3.05) is 0 Å². The molecule has 0 saturated heterocycles. The first kappa shape index (κ1) is 21.3. The Morgan fingerprint density at radius 1 is 0.862 bits per heavy atom. The van der Waals surface area contributed by atoms with E-state index in [4.69, 9.17) is 9.22 Å². The second-order valence-corrected chi connectivity index (χ2v) is 9.00. The van der Waals surface area contributed by atoms with Crippen molar-refractivity contribution in [2.24, 2.45) is 8.80 Å². The molecule has 3 aromatic rings. The van der Waals surface area contributed by atoms with E-state index < -0.39 is 10.0 Å². The van der Waals surface area contributed by atoms with Crippen molar-refractivity contribution in [3.63, 3.8) is 0 Å². The van der Waals surface area contributed by atoms with Gasteiger partial charge in [0.2, 0.25) is 0 Å². The lowest BCUT2D eigenvalue weighted by molar-refractivity contribution is -0.0776. The van der Waals surface area contributed by atoms with E-state index in [1.165, 1.54) is 23.5 Å². The minimum atomic E-state index is -3.74. The number of para-hydroxylation sites is 1. The lowest BCUT2D eigenvalue weighted by Crippen LogP contribution is -2.01. The van der Waals surface area contributed by atoms with Crippen molar-refractivity contribution in [3.8, 4) is 5.75 Å². The molecule has 150 valence electrons. The lowest BCUT2D eigenvalue weighted by atomic mass is 10.3. The Labute approximate surface area is 178 Å². The standard InChI is InChI=1S/C20H18N2O4S3/c1-15(21-28-26-25-17-9-5-3-6-10-17)19-13-14-20(27-19)16(2)22-29(23,24)18-11-7-4-8-12-18/h3-14H,1-2H3/b21-15+,22-16-. The van der Waals surface area contributed by atoms with Gasteiger partial charge in [-0.3, -0.25) is 0 Å². The quantitative estimate of drug-likeness (QED) is 0.117. The Hall–Kier alpha value is -2.46. The largest absolute Gasteiger partial charge is 0.324 e. The van der Waals surface area contributed by atoms with E-state index in [9.17, 15) is 8.42 Å². The number of rotatable bonds is 8. The van der Waals surface area contributed by atoms with Crippen LogP contribution >= 0.6 is 23.6 Å². The van der Waals surface area contributed by atoms with Crippen molar-refractivity contribution < 1.29 is 17.6 Å². The lowest BCUT2D eigenvalue weighted by Gasteiger charge is -2.01. The maximum absolute atomic E-state index is 12.4. The molecule has 1 heterocycles. The minimum absolute atomic E-state index is 0.167. The van der Waals surface area contributed by atoms with E-state index in [0.29, 0.717) is 11.5 Å². The highest BCUT2D eigenvalue weighted by Gasteiger charge is 2.14. The van der Waals surface area contributed by atoms with Gasteiger partial charge in [0.25, 0.3) is 10.0 Å². The molecule has 6 nitrogen and oxygen atoms in total. The van der Waals surface area contributed by atoms with Gasteiger partial charge in [-0.15, -0.1) is 11.3 Å². The molecule has 0 spiro atoms. The summed E-state index contributed by atoms with van der Waals surface area (Å²) in [7, 11) is -3.74. The smallest absolute Gasteiger partial charge is 0.282 e. The summed E-state index contributed by atoms with van der Waals surface area (Å²) in [6.45, 7) is 3.51. The van der Waals surface area contributed by atoms with Gasteiger partial charge in [-0.2, -0.15) is 17.2 Å². The monoisotopic (exact) mass is 446 g/mol. The van der Waals surface area contributed by atoms with E-state index in [1.807, 2.05) is 37.3 Å². The average molecular weight is 447 g/mol. The Morgan fingerprint density at radius 2 is 1.45 bits per heavy atom. The predicted octanol–water partition coefficient (Wildman–Crippen LogP) is 5.33. The highest BCUT2D eigenvalue weighted by atomic mass is 32.2. The minimum Gasteiger partial charge on any atom is -0.324 e. The number of hydrogen-bond donors (Lipinski definition) is 0. The number of nitrogens with zero attached hydrogens (tertiary/aromatic N) is 2. The summed E-state index contributed by atoms with van der Waals surface area (Å²) in [4.78, 5) is 6.90. The van der Waals surface area contributed by atoms with Crippen molar-refractivity contribution in [3.05, 3.63) is 82.6 Å². The summed E-state index contributed by atoms with van der Waals surface area (Å²) in [5.74, 6) is 0.581. The third kappa shape index (κ3) is 6.01. The van der Waals surface area contributed by atoms with E-state index in [2.05, 4.69) is 8.80 Å². The van der Waals surface area contributed by atoms with Crippen LogP contribution in [-0.4, -0.2) is 19.8 Å². The normalized spacial score (nSPS) is 12.8. The van der Waals surface area contributed by atoms with Crippen LogP contribution in [0.3, 0.4) is 0 Å². The van der Waals surface area contributed by atoms with E-state index in [-0.39, 0.29) is 4.90 Å². The predicted molar refractivity (Wildman–Crippen MR) is 118 cm³/mol. The van der Waals surface area contributed by atoms with E-state index >= 15 is 0 Å². The number of sulfonamides is 1. The molecular formula is C20H18N2O4S3. The molecule has 1 aromatic heterocycles. The summed E-state index contributed by atoms with van der Waals surface area (Å²) in [6.07, 6.45) is 0.